The van der Waals surface area contributed by atoms with Crippen LogP contribution in [0.5, 0.6) is 0 Å². The van der Waals surface area contributed by atoms with Gasteiger partial charge in [0, 0.05) is 37.4 Å². The van der Waals surface area contributed by atoms with Gasteiger partial charge in [-0.3, -0.25) is 4.79 Å². The SMILES string of the molecule is O=C(NCCn1cnc2cc(C(=O)N3CCCCC3)ccc21)Nc1ccccc1. The minimum absolute atomic E-state index is 0.0837. The number of rotatable bonds is 5. The molecule has 0 saturated carbocycles. The summed E-state index contributed by atoms with van der Waals surface area (Å²) in [6, 6.07) is 14.7. The summed E-state index contributed by atoms with van der Waals surface area (Å²) in [5, 5.41) is 5.64. The van der Waals surface area contributed by atoms with Gasteiger partial charge in [0.25, 0.3) is 5.91 Å². The van der Waals surface area contributed by atoms with Gasteiger partial charge in [0.1, 0.15) is 0 Å². The molecule has 2 aromatic carbocycles. The number of carbonyl (C=O) groups is 2. The van der Waals surface area contributed by atoms with Gasteiger partial charge in [0.15, 0.2) is 0 Å². The smallest absolute Gasteiger partial charge is 0.319 e. The highest BCUT2D eigenvalue weighted by molar-refractivity contribution is 5.97. The molecular weight excluding hydrogens is 366 g/mol. The van der Waals surface area contributed by atoms with E-state index in [1.807, 2.05) is 58.0 Å². The molecule has 2 N–H and O–H groups in total. The molecule has 7 heteroatoms. The van der Waals surface area contributed by atoms with Gasteiger partial charge in [0.05, 0.1) is 17.4 Å². The standard InChI is InChI=1S/C22H25N5O2/c28-21(26-12-5-2-6-13-26)17-9-10-20-19(15-17)24-16-27(20)14-11-23-22(29)25-18-7-3-1-4-8-18/h1,3-4,7-10,15-16H,2,5-6,11-14H2,(H2,23,25,29). The Balaban J connectivity index is 1.35. The van der Waals surface area contributed by atoms with Crippen molar-refractivity contribution in [3.05, 3.63) is 60.4 Å². The van der Waals surface area contributed by atoms with E-state index < -0.39 is 0 Å². The summed E-state index contributed by atoms with van der Waals surface area (Å²) in [6.45, 7) is 2.74. The second-order valence-electron chi connectivity index (χ2n) is 7.24. The molecule has 1 aliphatic rings. The number of likely N-dealkylation sites (tertiary alicyclic amines) is 1. The number of nitrogens with one attached hydrogen (secondary N) is 2. The van der Waals surface area contributed by atoms with E-state index in [1.165, 1.54) is 6.42 Å². The van der Waals surface area contributed by atoms with Gasteiger partial charge < -0.3 is 20.1 Å². The molecule has 0 aliphatic carbocycles. The minimum Gasteiger partial charge on any atom is -0.339 e. The lowest BCUT2D eigenvalue weighted by Crippen LogP contribution is -2.35. The number of benzene rings is 2. The van der Waals surface area contributed by atoms with Crippen molar-refractivity contribution in [1.29, 1.82) is 0 Å². The number of carbonyl (C=O) groups excluding carboxylic acids is 2. The Kier molecular flexibility index (Phi) is 5.74. The van der Waals surface area contributed by atoms with Crippen LogP contribution in [0.3, 0.4) is 0 Å². The Morgan fingerprint density at radius 2 is 1.79 bits per heavy atom. The van der Waals surface area contributed by atoms with Gasteiger partial charge in [-0.1, -0.05) is 18.2 Å². The number of anilines is 1. The third-order valence-electron chi connectivity index (χ3n) is 5.18. The maximum Gasteiger partial charge on any atom is 0.319 e. The molecule has 0 unspecified atom stereocenters. The molecule has 3 amide bonds. The largest absolute Gasteiger partial charge is 0.339 e. The molecule has 4 rings (SSSR count). The third-order valence-corrected chi connectivity index (χ3v) is 5.18. The Hall–Kier alpha value is -3.35. The first-order valence-electron chi connectivity index (χ1n) is 10.0. The maximum absolute atomic E-state index is 12.7. The topological polar surface area (TPSA) is 79.3 Å². The Morgan fingerprint density at radius 1 is 1.00 bits per heavy atom. The fourth-order valence-electron chi connectivity index (χ4n) is 3.64. The van der Waals surface area contributed by atoms with E-state index in [9.17, 15) is 9.59 Å². The van der Waals surface area contributed by atoms with Crippen LogP contribution in [-0.4, -0.2) is 46.0 Å². The Labute approximate surface area is 169 Å². The summed E-state index contributed by atoms with van der Waals surface area (Å²) in [5.41, 5.74) is 3.18. The first kappa shape index (κ1) is 19.0. The number of imidazole rings is 1. The fraction of sp³-hybridized carbons (Fsp3) is 0.318. The predicted octanol–water partition coefficient (Wildman–Crippen LogP) is 3.48. The highest BCUT2D eigenvalue weighted by Gasteiger charge is 2.18. The van der Waals surface area contributed by atoms with Crippen molar-refractivity contribution in [3.8, 4) is 0 Å². The van der Waals surface area contributed by atoms with E-state index in [-0.39, 0.29) is 11.9 Å². The van der Waals surface area contributed by atoms with Crippen LogP contribution < -0.4 is 10.6 Å². The summed E-state index contributed by atoms with van der Waals surface area (Å²) in [5.74, 6) is 0.0837. The zero-order chi connectivity index (χ0) is 20.1. The van der Waals surface area contributed by atoms with Gasteiger partial charge in [-0.2, -0.15) is 0 Å². The van der Waals surface area contributed by atoms with Crippen LogP contribution in [0.15, 0.2) is 54.9 Å². The van der Waals surface area contributed by atoms with E-state index in [2.05, 4.69) is 15.6 Å². The summed E-state index contributed by atoms with van der Waals surface area (Å²) in [6.07, 6.45) is 5.10. The van der Waals surface area contributed by atoms with Crippen molar-refractivity contribution in [2.75, 3.05) is 25.0 Å². The van der Waals surface area contributed by atoms with Gasteiger partial charge in [-0.25, -0.2) is 9.78 Å². The lowest BCUT2D eigenvalue weighted by Gasteiger charge is -2.26. The quantitative estimate of drug-likeness (QED) is 0.699. The third kappa shape index (κ3) is 4.56. The first-order valence-corrected chi connectivity index (χ1v) is 10.0. The van der Waals surface area contributed by atoms with E-state index in [0.29, 0.717) is 18.7 Å². The average molecular weight is 391 g/mol. The maximum atomic E-state index is 12.7. The van der Waals surface area contributed by atoms with E-state index in [4.69, 9.17) is 0 Å². The van der Waals surface area contributed by atoms with Gasteiger partial charge >= 0.3 is 6.03 Å². The molecule has 1 aromatic heterocycles. The second kappa shape index (κ2) is 8.77. The lowest BCUT2D eigenvalue weighted by atomic mass is 10.1. The Bertz CT molecular complexity index is 993. The van der Waals surface area contributed by atoms with Crippen LogP contribution in [0.2, 0.25) is 0 Å². The number of piperidine rings is 1. The highest BCUT2D eigenvalue weighted by atomic mass is 16.2. The molecule has 3 aromatic rings. The molecule has 0 spiro atoms. The normalized spacial score (nSPS) is 14.0. The summed E-state index contributed by atoms with van der Waals surface area (Å²) in [7, 11) is 0. The van der Waals surface area contributed by atoms with Crippen LogP contribution in [-0.2, 0) is 6.54 Å². The van der Waals surface area contributed by atoms with Crippen LogP contribution in [0.1, 0.15) is 29.6 Å². The number of urea groups is 1. The number of fused-ring (bicyclic) bond motifs is 1. The van der Waals surface area contributed by atoms with Crippen LogP contribution in [0.25, 0.3) is 11.0 Å². The number of hydrogen-bond donors (Lipinski definition) is 2. The number of nitrogens with zero attached hydrogens (tertiary/aromatic N) is 3. The van der Waals surface area contributed by atoms with E-state index >= 15 is 0 Å². The van der Waals surface area contributed by atoms with Crippen molar-refractivity contribution < 1.29 is 9.59 Å². The van der Waals surface area contributed by atoms with Crippen LogP contribution in [0.4, 0.5) is 10.5 Å². The minimum atomic E-state index is -0.241. The van der Waals surface area contributed by atoms with E-state index in [1.54, 1.807) is 6.33 Å². The van der Waals surface area contributed by atoms with Crippen molar-refractivity contribution in [2.45, 2.75) is 25.8 Å². The Morgan fingerprint density at radius 3 is 2.59 bits per heavy atom. The molecule has 1 aliphatic heterocycles. The second-order valence-corrected chi connectivity index (χ2v) is 7.24. The monoisotopic (exact) mass is 391 g/mol. The summed E-state index contributed by atoms with van der Waals surface area (Å²) < 4.78 is 1.98. The van der Waals surface area contributed by atoms with Crippen LogP contribution >= 0.6 is 0 Å². The average Bonchev–Trinajstić information content (AvgIpc) is 3.17. The first-order chi connectivity index (χ1) is 14.2. The van der Waals surface area contributed by atoms with Crippen molar-refractivity contribution in [3.63, 3.8) is 0 Å². The van der Waals surface area contributed by atoms with Gasteiger partial charge in [0.2, 0.25) is 0 Å². The summed E-state index contributed by atoms with van der Waals surface area (Å²) in [4.78, 5) is 31.0. The number of amides is 3. The van der Waals surface area contributed by atoms with Crippen molar-refractivity contribution in [2.24, 2.45) is 0 Å². The molecule has 1 saturated heterocycles. The zero-order valence-corrected chi connectivity index (χ0v) is 16.3. The fourth-order valence-corrected chi connectivity index (χ4v) is 3.64. The van der Waals surface area contributed by atoms with E-state index in [0.717, 1.165) is 42.7 Å². The molecule has 0 bridgehead atoms. The van der Waals surface area contributed by atoms with Crippen molar-refractivity contribution in [1.82, 2.24) is 19.8 Å². The molecule has 2 heterocycles. The number of para-hydroxylation sites is 1. The predicted molar refractivity (Wildman–Crippen MR) is 113 cm³/mol. The summed E-state index contributed by atoms with van der Waals surface area (Å²) >= 11 is 0. The lowest BCUT2D eigenvalue weighted by molar-refractivity contribution is 0.0724. The number of aromatic nitrogens is 2. The molecule has 7 nitrogen and oxygen atoms in total. The zero-order valence-electron chi connectivity index (χ0n) is 16.3. The number of hydrogen-bond acceptors (Lipinski definition) is 3. The van der Waals surface area contributed by atoms with Crippen molar-refractivity contribution >= 4 is 28.7 Å². The van der Waals surface area contributed by atoms with Gasteiger partial charge in [-0.05, 0) is 49.6 Å². The highest BCUT2D eigenvalue weighted by Crippen LogP contribution is 2.18. The molecule has 29 heavy (non-hydrogen) atoms. The molecule has 0 radical (unpaired) electrons. The van der Waals surface area contributed by atoms with Crippen LogP contribution in [0, 0.1) is 0 Å². The molecule has 1 fully saturated rings. The molecule has 0 atom stereocenters. The molecular formula is C22H25N5O2. The van der Waals surface area contributed by atoms with Gasteiger partial charge in [-0.15, -0.1) is 0 Å². The molecule has 150 valence electrons.